The number of benzene rings is 1. The van der Waals surface area contributed by atoms with Crippen LogP contribution in [0.3, 0.4) is 0 Å². The van der Waals surface area contributed by atoms with E-state index in [0.29, 0.717) is 25.1 Å². The Morgan fingerprint density at radius 1 is 1.54 bits per heavy atom. The third-order valence-electron chi connectivity index (χ3n) is 4.93. The van der Waals surface area contributed by atoms with Crippen molar-refractivity contribution < 1.29 is 19.0 Å². The molecule has 2 fully saturated rings. The van der Waals surface area contributed by atoms with Gasteiger partial charge in [-0.25, -0.2) is 4.39 Å². The average molecular weight is 331 g/mol. The summed E-state index contributed by atoms with van der Waals surface area (Å²) < 4.78 is 18.5. The zero-order chi connectivity index (χ0) is 17.2. The SMILES string of the molecule is CCOC(=O)C1CNC2CCCC(O)(C#Cc3cccc(F)c3)C21. The summed E-state index contributed by atoms with van der Waals surface area (Å²) in [6.07, 6.45) is 2.25. The Morgan fingerprint density at radius 2 is 2.38 bits per heavy atom. The number of hydrogen-bond donors (Lipinski definition) is 2. The number of fused-ring (bicyclic) bond motifs is 1. The number of ether oxygens (including phenoxy) is 1. The summed E-state index contributed by atoms with van der Waals surface area (Å²) in [5.41, 5.74) is -0.750. The maximum Gasteiger partial charge on any atom is 0.310 e. The van der Waals surface area contributed by atoms with Crippen LogP contribution in [0.25, 0.3) is 0 Å². The van der Waals surface area contributed by atoms with E-state index >= 15 is 0 Å². The molecule has 128 valence electrons. The molecule has 0 radical (unpaired) electrons. The van der Waals surface area contributed by atoms with E-state index in [1.165, 1.54) is 12.1 Å². The van der Waals surface area contributed by atoms with Crippen LogP contribution in [-0.2, 0) is 9.53 Å². The molecule has 1 heterocycles. The molecule has 1 saturated heterocycles. The van der Waals surface area contributed by atoms with Crippen molar-refractivity contribution in [1.82, 2.24) is 5.32 Å². The Morgan fingerprint density at radius 3 is 3.12 bits per heavy atom. The number of carbonyl (C=O) groups is 1. The summed E-state index contributed by atoms with van der Waals surface area (Å²) in [4.78, 5) is 12.2. The van der Waals surface area contributed by atoms with E-state index in [0.717, 1.165) is 12.8 Å². The fourth-order valence-corrected chi connectivity index (χ4v) is 3.89. The van der Waals surface area contributed by atoms with Crippen molar-refractivity contribution in [2.75, 3.05) is 13.2 Å². The first kappa shape index (κ1) is 16.9. The summed E-state index contributed by atoms with van der Waals surface area (Å²) in [5.74, 6) is 4.46. The van der Waals surface area contributed by atoms with Crippen LogP contribution in [0.1, 0.15) is 31.7 Å². The van der Waals surface area contributed by atoms with Gasteiger partial charge in [0.05, 0.1) is 12.5 Å². The maximum absolute atomic E-state index is 13.3. The zero-order valence-corrected chi connectivity index (χ0v) is 13.7. The van der Waals surface area contributed by atoms with Crippen molar-refractivity contribution >= 4 is 5.97 Å². The first-order valence-electron chi connectivity index (χ1n) is 8.44. The lowest BCUT2D eigenvalue weighted by Gasteiger charge is -2.39. The molecule has 1 aliphatic carbocycles. The second-order valence-electron chi connectivity index (χ2n) is 6.48. The van der Waals surface area contributed by atoms with Gasteiger partial charge >= 0.3 is 5.97 Å². The van der Waals surface area contributed by atoms with Gasteiger partial charge in [-0.3, -0.25) is 4.79 Å². The van der Waals surface area contributed by atoms with Gasteiger partial charge < -0.3 is 15.2 Å². The molecule has 3 rings (SSSR count). The number of nitrogens with one attached hydrogen (secondary N) is 1. The second-order valence-corrected chi connectivity index (χ2v) is 6.48. The van der Waals surface area contributed by atoms with Gasteiger partial charge in [0.15, 0.2) is 0 Å². The van der Waals surface area contributed by atoms with Crippen molar-refractivity contribution in [2.24, 2.45) is 11.8 Å². The smallest absolute Gasteiger partial charge is 0.310 e. The molecule has 2 N–H and O–H groups in total. The van der Waals surface area contributed by atoms with Gasteiger partial charge in [0.25, 0.3) is 0 Å². The normalized spacial score (nSPS) is 31.7. The number of esters is 1. The molecule has 24 heavy (non-hydrogen) atoms. The minimum atomic E-state index is -1.27. The predicted molar refractivity (Wildman–Crippen MR) is 87.5 cm³/mol. The summed E-state index contributed by atoms with van der Waals surface area (Å²) in [6.45, 7) is 2.59. The minimum absolute atomic E-state index is 0.0555. The van der Waals surface area contributed by atoms with Crippen LogP contribution in [0.2, 0.25) is 0 Å². The minimum Gasteiger partial charge on any atom is -0.466 e. The van der Waals surface area contributed by atoms with Crippen LogP contribution in [0.15, 0.2) is 24.3 Å². The van der Waals surface area contributed by atoms with Gasteiger partial charge in [-0.1, -0.05) is 17.9 Å². The molecule has 1 saturated carbocycles. The topological polar surface area (TPSA) is 58.6 Å². The first-order valence-corrected chi connectivity index (χ1v) is 8.44. The molecule has 4 atom stereocenters. The number of rotatable bonds is 2. The summed E-state index contributed by atoms with van der Waals surface area (Å²) in [7, 11) is 0. The highest BCUT2D eigenvalue weighted by atomic mass is 19.1. The Labute approximate surface area is 141 Å². The molecule has 4 nitrogen and oxygen atoms in total. The monoisotopic (exact) mass is 331 g/mol. The lowest BCUT2D eigenvalue weighted by Crippen LogP contribution is -2.50. The zero-order valence-electron chi connectivity index (χ0n) is 13.7. The van der Waals surface area contributed by atoms with Gasteiger partial charge in [-0.2, -0.15) is 0 Å². The largest absolute Gasteiger partial charge is 0.466 e. The summed E-state index contributed by atoms with van der Waals surface area (Å²) >= 11 is 0. The van der Waals surface area contributed by atoms with Crippen molar-refractivity contribution in [3.05, 3.63) is 35.6 Å². The van der Waals surface area contributed by atoms with Crippen LogP contribution in [0.5, 0.6) is 0 Å². The van der Waals surface area contributed by atoms with Gasteiger partial charge in [0, 0.05) is 24.1 Å². The van der Waals surface area contributed by atoms with Crippen molar-refractivity contribution in [1.29, 1.82) is 0 Å². The van der Waals surface area contributed by atoms with Gasteiger partial charge in [0.2, 0.25) is 0 Å². The molecule has 0 amide bonds. The van der Waals surface area contributed by atoms with Crippen LogP contribution >= 0.6 is 0 Å². The lowest BCUT2D eigenvalue weighted by atomic mass is 9.69. The molecule has 0 aromatic heterocycles. The van der Waals surface area contributed by atoms with E-state index in [2.05, 4.69) is 17.2 Å². The molecule has 5 heteroatoms. The Kier molecular flexibility index (Phi) is 4.88. The van der Waals surface area contributed by atoms with Crippen molar-refractivity contribution in [3.63, 3.8) is 0 Å². The average Bonchev–Trinajstić information content (AvgIpc) is 2.99. The number of halogens is 1. The Hall–Kier alpha value is -1.90. The Balaban J connectivity index is 1.88. The number of aliphatic hydroxyl groups is 1. The van der Waals surface area contributed by atoms with Gasteiger partial charge in [0.1, 0.15) is 11.4 Å². The molecular weight excluding hydrogens is 309 g/mol. The highest BCUT2D eigenvalue weighted by molar-refractivity contribution is 5.74. The molecule has 4 unspecified atom stereocenters. The van der Waals surface area contributed by atoms with E-state index in [-0.39, 0.29) is 23.7 Å². The third kappa shape index (κ3) is 3.31. The maximum atomic E-state index is 13.3. The lowest BCUT2D eigenvalue weighted by molar-refractivity contribution is -0.152. The molecule has 2 aliphatic rings. The molecule has 0 bridgehead atoms. The van der Waals surface area contributed by atoms with Crippen LogP contribution < -0.4 is 5.32 Å². The highest BCUT2D eigenvalue weighted by Gasteiger charge is 2.53. The molecular formula is C19H22FNO3. The fourth-order valence-electron chi connectivity index (χ4n) is 3.89. The first-order chi connectivity index (χ1) is 11.5. The second kappa shape index (κ2) is 6.92. The van der Waals surface area contributed by atoms with E-state index in [4.69, 9.17) is 4.74 Å². The quantitative estimate of drug-likeness (QED) is 0.641. The molecule has 1 aliphatic heterocycles. The summed E-state index contributed by atoms with van der Waals surface area (Å²) in [6, 6.07) is 6.04. The van der Waals surface area contributed by atoms with Crippen molar-refractivity contribution in [2.45, 2.75) is 37.8 Å². The van der Waals surface area contributed by atoms with Crippen LogP contribution in [0.4, 0.5) is 4.39 Å². The predicted octanol–water partition coefficient (Wildman–Crippen LogP) is 1.86. The van der Waals surface area contributed by atoms with E-state index in [1.807, 2.05) is 0 Å². The van der Waals surface area contributed by atoms with Crippen LogP contribution in [-0.4, -0.2) is 35.9 Å². The summed E-state index contributed by atoms with van der Waals surface area (Å²) in [5, 5.41) is 14.5. The van der Waals surface area contributed by atoms with E-state index < -0.39 is 11.5 Å². The highest BCUT2D eigenvalue weighted by Crippen LogP contribution is 2.42. The molecule has 1 aromatic rings. The third-order valence-corrected chi connectivity index (χ3v) is 4.93. The van der Waals surface area contributed by atoms with Gasteiger partial charge in [-0.05, 0) is 44.4 Å². The molecule has 0 spiro atoms. The van der Waals surface area contributed by atoms with Gasteiger partial charge in [-0.15, -0.1) is 0 Å². The Bertz CT molecular complexity index is 681. The number of hydrogen-bond acceptors (Lipinski definition) is 4. The van der Waals surface area contributed by atoms with E-state index in [9.17, 15) is 14.3 Å². The molecule has 1 aromatic carbocycles. The fraction of sp³-hybridized carbons (Fsp3) is 0.526. The van der Waals surface area contributed by atoms with Crippen molar-refractivity contribution in [3.8, 4) is 11.8 Å². The van der Waals surface area contributed by atoms with Crippen LogP contribution in [0, 0.1) is 29.5 Å². The van der Waals surface area contributed by atoms with E-state index in [1.54, 1.807) is 19.1 Å². The number of carbonyl (C=O) groups excluding carboxylic acids is 1. The standard InChI is InChI=1S/C19H22FNO3/c1-2-24-18(22)15-12-21-16-7-4-9-19(23,17(15)16)10-8-13-5-3-6-14(20)11-13/h3,5-6,11,15-17,21,23H,2,4,7,9,12H2,1H3.